The second-order valence-corrected chi connectivity index (χ2v) is 10.1. The van der Waals surface area contributed by atoms with E-state index >= 15 is 0 Å². The molecule has 0 saturated heterocycles. The maximum absolute atomic E-state index is 13.5. The summed E-state index contributed by atoms with van der Waals surface area (Å²) in [6.07, 6.45) is 1.21. The van der Waals surface area contributed by atoms with Crippen LogP contribution in [0.1, 0.15) is 69.2 Å². The van der Waals surface area contributed by atoms with Gasteiger partial charge in [0.25, 0.3) is 0 Å². The highest BCUT2D eigenvalue weighted by Gasteiger charge is 2.29. The Morgan fingerprint density at radius 2 is 1.71 bits per heavy atom. The molecule has 0 fully saturated rings. The first kappa shape index (κ1) is 30.8. The number of carbonyl (C=O) groups is 3. The molecule has 4 N–H and O–H groups in total. The molecule has 208 valence electrons. The minimum Gasteiger partial charge on any atom is -0.497 e. The number of benzene rings is 2. The van der Waals surface area contributed by atoms with Gasteiger partial charge in [-0.1, -0.05) is 63.6 Å². The molecule has 0 aliphatic carbocycles. The smallest absolute Gasteiger partial charge is 0.247 e. The maximum atomic E-state index is 13.5. The molecule has 0 spiro atoms. The summed E-state index contributed by atoms with van der Waals surface area (Å²) in [5.74, 6) is -0.195. The van der Waals surface area contributed by atoms with Gasteiger partial charge < -0.3 is 25.8 Å². The molecule has 2 rings (SSSR count). The number of carbonyl (C=O) groups excluding carboxylic acids is 3. The third-order valence-corrected chi connectivity index (χ3v) is 6.37. The SMILES string of the molecule is CCCCNC(=O)CC(O)C(CC(C)C)NC(=O)C(NC(=O)Cc1cc(OC)ccc1C)c1ccccc1. The Hall–Kier alpha value is -3.39. The minimum atomic E-state index is -1.06. The minimum absolute atomic E-state index is 0.0790. The lowest BCUT2D eigenvalue weighted by atomic mass is 9.96. The van der Waals surface area contributed by atoms with E-state index in [9.17, 15) is 19.5 Å². The number of aliphatic hydroxyl groups excluding tert-OH is 1. The predicted octanol–water partition coefficient (Wildman–Crippen LogP) is 3.60. The molecule has 0 radical (unpaired) electrons. The van der Waals surface area contributed by atoms with Crippen LogP contribution in [0.4, 0.5) is 0 Å². The molecule has 8 heteroatoms. The van der Waals surface area contributed by atoms with E-state index in [0.717, 1.165) is 24.0 Å². The van der Waals surface area contributed by atoms with Gasteiger partial charge in [-0.25, -0.2) is 0 Å². The van der Waals surface area contributed by atoms with E-state index in [-0.39, 0.29) is 30.6 Å². The quantitative estimate of drug-likeness (QED) is 0.265. The summed E-state index contributed by atoms with van der Waals surface area (Å²) < 4.78 is 5.28. The lowest BCUT2D eigenvalue weighted by Crippen LogP contribution is -2.50. The Morgan fingerprint density at radius 1 is 1.00 bits per heavy atom. The Labute approximate surface area is 226 Å². The summed E-state index contributed by atoms with van der Waals surface area (Å²) in [6, 6.07) is 12.9. The molecule has 0 aliphatic heterocycles. The van der Waals surface area contributed by atoms with Crippen molar-refractivity contribution < 1.29 is 24.2 Å². The van der Waals surface area contributed by atoms with Crippen molar-refractivity contribution in [2.24, 2.45) is 5.92 Å². The summed E-state index contributed by atoms with van der Waals surface area (Å²) in [6.45, 7) is 8.48. The molecule has 0 saturated carbocycles. The van der Waals surface area contributed by atoms with Gasteiger partial charge in [-0.2, -0.15) is 0 Å². The number of hydrogen-bond acceptors (Lipinski definition) is 5. The van der Waals surface area contributed by atoms with Gasteiger partial charge in [0.15, 0.2) is 0 Å². The fourth-order valence-corrected chi connectivity index (χ4v) is 4.19. The number of aliphatic hydroxyl groups is 1. The number of methoxy groups -OCH3 is 1. The molecule has 2 aromatic carbocycles. The number of hydrogen-bond donors (Lipinski definition) is 4. The van der Waals surface area contributed by atoms with Crippen LogP contribution in [-0.4, -0.2) is 48.6 Å². The van der Waals surface area contributed by atoms with Gasteiger partial charge in [-0.3, -0.25) is 14.4 Å². The average Bonchev–Trinajstić information content (AvgIpc) is 2.88. The van der Waals surface area contributed by atoms with Crippen molar-refractivity contribution in [1.29, 1.82) is 0 Å². The van der Waals surface area contributed by atoms with Crippen molar-refractivity contribution >= 4 is 17.7 Å². The van der Waals surface area contributed by atoms with Crippen LogP contribution in [0.2, 0.25) is 0 Å². The molecular formula is C30H43N3O5. The van der Waals surface area contributed by atoms with Crippen molar-refractivity contribution in [1.82, 2.24) is 16.0 Å². The number of amides is 3. The van der Waals surface area contributed by atoms with E-state index in [1.807, 2.05) is 52.0 Å². The average molecular weight is 526 g/mol. The van der Waals surface area contributed by atoms with Gasteiger partial charge in [0.05, 0.1) is 32.1 Å². The molecule has 0 aromatic heterocycles. The van der Waals surface area contributed by atoms with Crippen LogP contribution >= 0.6 is 0 Å². The van der Waals surface area contributed by atoms with Crippen molar-refractivity contribution in [3.63, 3.8) is 0 Å². The van der Waals surface area contributed by atoms with E-state index < -0.39 is 24.1 Å². The second-order valence-electron chi connectivity index (χ2n) is 10.1. The summed E-state index contributed by atoms with van der Waals surface area (Å²) in [7, 11) is 1.57. The largest absolute Gasteiger partial charge is 0.497 e. The highest BCUT2D eigenvalue weighted by atomic mass is 16.5. The summed E-state index contributed by atoms with van der Waals surface area (Å²) in [5, 5.41) is 19.5. The number of aryl methyl sites for hydroxylation is 1. The van der Waals surface area contributed by atoms with E-state index in [1.165, 1.54) is 0 Å². The van der Waals surface area contributed by atoms with Gasteiger partial charge >= 0.3 is 0 Å². The first-order chi connectivity index (χ1) is 18.1. The first-order valence-electron chi connectivity index (χ1n) is 13.4. The Balaban J connectivity index is 2.18. The molecule has 0 bridgehead atoms. The van der Waals surface area contributed by atoms with Crippen molar-refractivity contribution in [3.05, 3.63) is 65.2 Å². The van der Waals surface area contributed by atoms with Gasteiger partial charge in [0, 0.05) is 6.54 Å². The van der Waals surface area contributed by atoms with Gasteiger partial charge in [-0.15, -0.1) is 0 Å². The molecule has 8 nitrogen and oxygen atoms in total. The third kappa shape index (κ3) is 10.2. The lowest BCUT2D eigenvalue weighted by Gasteiger charge is -2.28. The van der Waals surface area contributed by atoms with Crippen LogP contribution < -0.4 is 20.7 Å². The fourth-order valence-electron chi connectivity index (χ4n) is 4.19. The van der Waals surface area contributed by atoms with Crippen molar-refractivity contribution in [2.45, 2.75) is 78.0 Å². The fraction of sp³-hybridized carbons (Fsp3) is 0.500. The molecule has 3 unspecified atom stereocenters. The second kappa shape index (κ2) is 15.8. The van der Waals surface area contributed by atoms with Crippen molar-refractivity contribution in [2.75, 3.05) is 13.7 Å². The van der Waals surface area contributed by atoms with Gasteiger partial charge in [0.2, 0.25) is 17.7 Å². The van der Waals surface area contributed by atoms with Crippen LogP contribution in [0.5, 0.6) is 5.75 Å². The highest BCUT2D eigenvalue weighted by Crippen LogP contribution is 2.20. The molecule has 3 amide bonds. The summed E-state index contributed by atoms with van der Waals surface area (Å²) in [5.41, 5.74) is 2.37. The lowest BCUT2D eigenvalue weighted by molar-refractivity contribution is -0.130. The van der Waals surface area contributed by atoms with Gasteiger partial charge in [-0.05, 0) is 54.5 Å². The monoisotopic (exact) mass is 525 g/mol. The van der Waals surface area contributed by atoms with E-state index in [4.69, 9.17) is 4.74 Å². The van der Waals surface area contributed by atoms with E-state index in [0.29, 0.717) is 24.3 Å². The third-order valence-electron chi connectivity index (χ3n) is 6.37. The Kier molecular flexibility index (Phi) is 12.8. The van der Waals surface area contributed by atoms with Crippen LogP contribution in [-0.2, 0) is 20.8 Å². The number of ether oxygens (including phenoxy) is 1. The molecule has 2 aromatic rings. The molecule has 3 atom stereocenters. The Bertz CT molecular complexity index is 1040. The normalized spacial score (nSPS) is 13.3. The zero-order valence-electron chi connectivity index (χ0n) is 23.3. The number of unbranched alkanes of at least 4 members (excludes halogenated alkanes) is 1. The van der Waals surface area contributed by atoms with Crippen LogP contribution in [0.25, 0.3) is 0 Å². The maximum Gasteiger partial charge on any atom is 0.247 e. The molecular weight excluding hydrogens is 482 g/mol. The van der Waals surface area contributed by atoms with Crippen molar-refractivity contribution in [3.8, 4) is 5.75 Å². The number of rotatable bonds is 15. The molecule has 0 heterocycles. The topological polar surface area (TPSA) is 117 Å². The van der Waals surface area contributed by atoms with Gasteiger partial charge in [0.1, 0.15) is 11.8 Å². The zero-order chi connectivity index (χ0) is 28.1. The van der Waals surface area contributed by atoms with E-state index in [1.54, 1.807) is 31.4 Å². The molecule has 38 heavy (non-hydrogen) atoms. The number of nitrogens with one attached hydrogen (secondary N) is 3. The first-order valence-corrected chi connectivity index (χ1v) is 13.4. The zero-order valence-corrected chi connectivity index (χ0v) is 23.3. The predicted molar refractivity (Wildman–Crippen MR) is 149 cm³/mol. The molecule has 0 aliphatic rings. The standard InChI is InChI=1S/C30H43N3O5/c1-6-7-15-31-27(35)19-26(34)25(16-20(2)3)32-30(37)29(22-11-9-8-10-12-22)33-28(36)18-23-17-24(38-5)14-13-21(23)4/h8-14,17,20,25-26,29,34H,6-7,15-16,18-19H2,1-5H3,(H,31,35)(H,32,37)(H,33,36). The van der Waals surface area contributed by atoms with Crippen LogP contribution in [0, 0.1) is 12.8 Å². The Morgan fingerprint density at radius 3 is 2.34 bits per heavy atom. The van der Waals surface area contributed by atoms with E-state index in [2.05, 4.69) is 16.0 Å². The summed E-state index contributed by atoms with van der Waals surface area (Å²) >= 11 is 0. The van der Waals surface area contributed by atoms with Crippen LogP contribution in [0.15, 0.2) is 48.5 Å². The summed E-state index contributed by atoms with van der Waals surface area (Å²) in [4.78, 5) is 38.9. The highest BCUT2D eigenvalue weighted by molar-refractivity contribution is 5.89. The van der Waals surface area contributed by atoms with Crippen LogP contribution in [0.3, 0.4) is 0 Å².